The number of hydrogen-bond acceptors (Lipinski definition) is 2. The van der Waals surface area contributed by atoms with Gasteiger partial charge in [0, 0.05) is 26.1 Å². The van der Waals surface area contributed by atoms with Crippen LogP contribution < -0.4 is 0 Å². The van der Waals surface area contributed by atoms with E-state index < -0.39 is 0 Å². The molecule has 1 aromatic rings. The Morgan fingerprint density at radius 3 is 2.20 bits per heavy atom. The topological polar surface area (TPSA) is 4.93 Å². The molecule has 1 unspecified atom stereocenters. The summed E-state index contributed by atoms with van der Waals surface area (Å²) in [6.45, 7) is 16.3. The molecule has 0 N–H and O–H groups in total. The minimum Gasteiger partial charge on any atom is -0.336 e. The Morgan fingerprint density at radius 2 is 1.65 bits per heavy atom. The van der Waals surface area contributed by atoms with Gasteiger partial charge in [-0.2, -0.15) is 0 Å². The first-order valence-corrected chi connectivity index (χ1v) is 9.32. The van der Waals surface area contributed by atoms with E-state index in [1.807, 2.05) is 23.5 Å². The summed E-state index contributed by atoms with van der Waals surface area (Å²) in [4.78, 5) is 1.49. The number of aromatic nitrogens is 1. The van der Waals surface area contributed by atoms with Crippen LogP contribution in [-0.2, 0) is 6.42 Å². The number of fused-ring (bicyclic) bond motifs is 1. The monoisotopic (exact) mass is 311 g/mol. The van der Waals surface area contributed by atoms with Gasteiger partial charge in [-0.15, -0.1) is 23.5 Å². The van der Waals surface area contributed by atoms with Gasteiger partial charge in [0.2, 0.25) is 0 Å². The van der Waals surface area contributed by atoms with Crippen LogP contribution in [0.2, 0.25) is 0 Å². The summed E-state index contributed by atoms with van der Waals surface area (Å²) in [5, 5.41) is 1.50. The number of aryl methyl sites for hydroxylation is 1. The highest BCUT2D eigenvalue weighted by Gasteiger charge is 2.28. The zero-order chi connectivity index (χ0) is 15.1. The molecule has 0 fully saturated rings. The van der Waals surface area contributed by atoms with Crippen LogP contribution in [0.3, 0.4) is 0 Å². The zero-order valence-electron chi connectivity index (χ0n) is 14.0. The van der Waals surface area contributed by atoms with Crippen molar-refractivity contribution in [3.8, 4) is 0 Å². The van der Waals surface area contributed by atoms with Gasteiger partial charge in [-0.25, -0.2) is 0 Å². The van der Waals surface area contributed by atoms with Crippen molar-refractivity contribution in [1.82, 2.24) is 4.57 Å². The minimum absolute atomic E-state index is 0.263. The molecular weight excluding hydrogens is 282 g/mol. The highest BCUT2D eigenvalue weighted by atomic mass is 32.2. The smallest absolute Gasteiger partial charge is 0.0896 e. The Hall–Kier alpha value is -0.0200. The molecule has 0 saturated carbocycles. The van der Waals surface area contributed by atoms with E-state index in [9.17, 15) is 0 Å². The van der Waals surface area contributed by atoms with Crippen molar-refractivity contribution in [3.63, 3.8) is 0 Å². The number of hydrogen-bond donors (Lipinski definition) is 0. The Labute approximate surface area is 133 Å². The van der Waals surface area contributed by atoms with Crippen LogP contribution in [0, 0.1) is 0 Å². The Balaban J connectivity index is 2.45. The Kier molecular flexibility index (Phi) is 4.61. The molecule has 114 valence electrons. The van der Waals surface area contributed by atoms with E-state index in [2.05, 4.69) is 59.1 Å². The van der Waals surface area contributed by atoms with E-state index in [-0.39, 0.29) is 9.49 Å². The van der Waals surface area contributed by atoms with Gasteiger partial charge in [-0.1, -0.05) is 41.5 Å². The fourth-order valence-electron chi connectivity index (χ4n) is 2.71. The van der Waals surface area contributed by atoms with Gasteiger partial charge in [0.15, 0.2) is 0 Å². The zero-order valence-corrected chi connectivity index (χ0v) is 15.7. The molecule has 0 amide bonds. The predicted molar refractivity (Wildman–Crippen MR) is 93.3 cm³/mol. The lowest BCUT2D eigenvalue weighted by molar-refractivity contribution is 0.406. The third-order valence-corrected chi connectivity index (χ3v) is 5.85. The van der Waals surface area contributed by atoms with Gasteiger partial charge in [0.05, 0.1) is 5.03 Å². The lowest BCUT2D eigenvalue weighted by Crippen LogP contribution is -2.17. The summed E-state index contributed by atoms with van der Waals surface area (Å²) in [6.07, 6.45) is 3.90. The van der Waals surface area contributed by atoms with Crippen LogP contribution in [0.5, 0.6) is 0 Å². The quantitative estimate of drug-likeness (QED) is 0.602. The van der Waals surface area contributed by atoms with Gasteiger partial charge in [-0.05, 0) is 32.3 Å². The molecule has 0 bridgehead atoms. The van der Waals surface area contributed by atoms with Crippen LogP contribution >= 0.6 is 23.5 Å². The van der Waals surface area contributed by atoms with Crippen molar-refractivity contribution in [2.75, 3.05) is 0 Å². The van der Waals surface area contributed by atoms with Crippen LogP contribution in [0.1, 0.15) is 73.0 Å². The van der Waals surface area contributed by atoms with Crippen molar-refractivity contribution in [2.45, 2.75) is 93.2 Å². The normalized spacial score (nSPS) is 20.1. The molecular formula is C17H29NS2. The van der Waals surface area contributed by atoms with Crippen molar-refractivity contribution >= 4 is 23.5 Å². The van der Waals surface area contributed by atoms with Crippen molar-refractivity contribution < 1.29 is 0 Å². The van der Waals surface area contributed by atoms with Gasteiger partial charge >= 0.3 is 0 Å². The van der Waals surface area contributed by atoms with E-state index in [1.54, 1.807) is 5.69 Å². The van der Waals surface area contributed by atoms with Gasteiger partial charge < -0.3 is 4.57 Å². The molecule has 1 aliphatic rings. The van der Waals surface area contributed by atoms with Crippen LogP contribution in [0.4, 0.5) is 0 Å². The fourth-order valence-corrected chi connectivity index (χ4v) is 5.13. The number of thioether (sulfide) groups is 2. The molecule has 0 saturated heterocycles. The summed E-state index contributed by atoms with van der Waals surface area (Å²) in [5.74, 6) is 0. The van der Waals surface area contributed by atoms with E-state index in [0.717, 1.165) is 0 Å². The largest absolute Gasteiger partial charge is 0.336 e. The first-order valence-electron chi connectivity index (χ1n) is 7.69. The average molecular weight is 312 g/mol. The number of rotatable bonds is 2. The van der Waals surface area contributed by atoms with E-state index in [4.69, 9.17) is 0 Å². The van der Waals surface area contributed by atoms with Gasteiger partial charge in [-0.3, -0.25) is 0 Å². The third kappa shape index (κ3) is 4.00. The highest BCUT2D eigenvalue weighted by molar-refractivity contribution is 8.03. The minimum atomic E-state index is 0.263. The second-order valence-electron chi connectivity index (χ2n) is 7.85. The first-order chi connectivity index (χ1) is 9.07. The summed E-state index contributed by atoms with van der Waals surface area (Å²) >= 11 is 4.06. The summed E-state index contributed by atoms with van der Waals surface area (Å²) in [6, 6.07) is 3.11. The number of nitrogens with zero attached hydrogens (tertiary/aromatic N) is 1. The molecule has 0 spiro atoms. The molecule has 2 heterocycles. The summed E-state index contributed by atoms with van der Waals surface area (Å²) < 4.78 is 3.15. The molecule has 0 aromatic carbocycles. The highest BCUT2D eigenvalue weighted by Crippen LogP contribution is 2.46. The van der Waals surface area contributed by atoms with Crippen molar-refractivity contribution in [3.05, 3.63) is 11.8 Å². The van der Waals surface area contributed by atoms with E-state index in [0.29, 0.717) is 6.04 Å². The Bertz CT molecular complexity index is 474. The van der Waals surface area contributed by atoms with Crippen molar-refractivity contribution in [1.29, 1.82) is 0 Å². The first kappa shape index (κ1) is 16.4. The molecule has 0 aliphatic carbocycles. The van der Waals surface area contributed by atoms with Crippen molar-refractivity contribution in [2.24, 2.45) is 0 Å². The Morgan fingerprint density at radius 1 is 1.05 bits per heavy atom. The van der Waals surface area contributed by atoms with Crippen LogP contribution in [0.15, 0.2) is 16.0 Å². The second kappa shape index (κ2) is 5.64. The second-order valence-corrected chi connectivity index (χ2v) is 11.5. The fraction of sp³-hybridized carbons (Fsp3) is 0.765. The van der Waals surface area contributed by atoms with E-state index >= 15 is 0 Å². The van der Waals surface area contributed by atoms with Crippen LogP contribution in [0.25, 0.3) is 0 Å². The predicted octanol–water partition coefficient (Wildman–Crippen LogP) is 6.17. The molecule has 1 atom stereocenters. The van der Waals surface area contributed by atoms with E-state index in [1.165, 1.54) is 29.2 Å². The van der Waals surface area contributed by atoms with Gasteiger partial charge in [0.1, 0.15) is 0 Å². The molecule has 20 heavy (non-hydrogen) atoms. The third-order valence-electron chi connectivity index (χ3n) is 3.35. The lowest BCUT2D eigenvalue weighted by Gasteiger charge is -2.28. The molecule has 1 aliphatic heterocycles. The molecule has 2 rings (SSSR count). The lowest BCUT2D eigenvalue weighted by atomic mass is 10.0. The summed E-state index contributed by atoms with van der Waals surface area (Å²) in [5.41, 5.74) is 1.54. The standard InChI is InChI=1S/C17H29NS2/c1-12-9-8-10-13-11-14(19-16(2,3)4)15(18(12)13)20-17(5,6)7/h11-12H,8-10H2,1-7H3. The van der Waals surface area contributed by atoms with Crippen LogP contribution in [-0.4, -0.2) is 14.1 Å². The molecule has 0 radical (unpaired) electrons. The van der Waals surface area contributed by atoms with Gasteiger partial charge in [0.25, 0.3) is 0 Å². The molecule has 3 heteroatoms. The molecule has 1 aromatic heterocycles. The maximum atomic E-state index is 2.62. The summed E-state index contributed by atoms with van der Waals surface area (Å²) in [7, 11) is 0. The SMILES string of the molecule is CC1CCCc2cc(SC(C)(C)C)c(SC(C)(C)C)n21. The molecule has 1 nitrogen and oxygen atoms in total. The maximum Gasteiger partial charge on any atom is 0.0896 e. The average Bonchev–Trinajstić information content (AvgIpc) is 2.53. The maximum absolute atomic E-state index is 2.62.